The number of halogens is 1. The van der Waals surface area contributed by atoms with Crippen LogP contribution in [0.3, 0.4) is 0 Å². The maximum atomic E-state index is 14.1. The Bertz CT molecular complexity index is 711. The van der Waals surface area contributed by atoms with Crippen LogP contribution in [0.4, 0.5) is 4.39 Å². The molecule has 1 saturated heterocycles. The number of ether oxygens (including phenoxy) is 1. The molecule has 0 radical (unpaired) electrons. The highest BCUT2D eigenvalue weighted by Gasteiger charge is 2.28. The number of likely N-dealkylation sites (tertiary alicyclic amines) is 1. The summed E-state index contributed by atoms with van der Waals surface area (Å²) in [5, 5.41) is 0. The van der Waals surface area contributed by atoms with Crippen molar-refractivity contribution in [1.82, 2.24) is 0 Å². The number of carbonyl (C=O) groups excluding carboxylic acids is 1. The van der Waals surface area contributed by atoms with Gasteiger partial charge >= 0.3 is 0 Å². The zero-order valence-electron chi connectivity index (χ0n) is 14.6. The molecule has 0 aliphatic carbocycles. The summed E-state index contributed by atoms with van der Waals surface area (Å²) in [7, 11) is 1.42. The molecule has 25 heavy (non-hydrogen) atoms. The van der Waals surface area contributed by atoms with Gasteiger partial charge in [-0.05, 0) is 43.0 Å². The van der Waals surface area contributed by atoms with Gasteiger partial charge in [-0.3, -0.25) is 4.79 Å². The van der Waals surface area contributed by atoms with Gasteiger partial charge in [0.1, 0.15) is 0 Å². The molecular formula is C21H25FNO2+. The molecule has 3 rings (SSSR count). The number of nitrogens with one attached hydrogen (secondary N) is 1. The molecule has 132 valence electrons. The fraction of sp³-hybridized carbons (Fsp3) is 0.381. The molecule has 0 spiro atoms. The average Bonchev–Trinajstić information content (AvgIpc) is 2.67. The summed E-state index contributed by atoms with van der Waals surface area (Å²) < 4.78 is 19.0. The highest BCUT2D eigenvalue weighted by Crippen LogP contribution is 2.24. The minimum absolute atomic E-state index is 0.0224. The van der Waals surface area contributed by atoms with Crippen molar-refractivity contribution in [2.45, 2.75) is 25.2 Å². The maximum absolute atomic E-state index is 14.1. The smallest absolute Gasteiger partial charge is 0.176 e. The van der Waals surface area contributed by atoms with Crippen molar-refractivity contribution in [2.75, 3.05) is 26.7 Å². The van der Waals surface area contributed by atoms with Gasteiger partial charge in [-0.15, -0.1) is 0 Å². The summed E-state index contributed by atoms with van der Waals surface area (Å²) in [6, 6.07) is 14.3. The van der Waals surface area contributed by atoms with Gasteiger partial charge in [0, 0.05) is 5.56 Å². The van der Waals surface area contributed by atoms with E-state index in [0.29, 0.717) is 5.56 Å². The molecule has 0 unspecified atom stereocenters. The Morgan fingerprint density at radius 3 is 2.48 bits per heavy atom. The van der Waals surface area contributed by atoms with Crippen molar-refractivity contribution in [3.63, 3.8) is 0 Å². The van der Waals surface area contributed by atoms with Crippen LogP contribution in [0, 0.1) is 5.82 Å². The largest absolute Gasteiger partial charge is 0.494 e. The van der Waals surface area contributed by atoms with Crippen LogP contribution in [-0.2, 0) is 0 Å². The predicted octanol–water partition coefficient (Wildman–Crippen LogP) is 2.87. The van der Waals surface area contributed by atoms with Crippen molar-refractivity contribution in [1.29, 1.82) is 0 Å². The Balaban J connectivity index is 1.87. The highest BCUT2D eigenvalue weighted by molar-refractivity contribution is 6.01. The number of piperidine rings is 1. The number of hydrogen-bond acceptors (Lipinski definition) is 2. The number of ketones is 1. The number of quaternary nitrogens is 1. The van der Waals surface area contributed by atoms with E-state index in [0.717, 1.165) is 25.2 Å². The first-order chi connectivity index (χ1) is 12.2. The lowest BCUT2D eigenvalue weighted by molar-refractivity contribution is -0.905. The molecule has 0 bridgehead atoms. The van der Waals surface area contributed by atoms with Crippen LogP contribution < -0.4 is 9.64 Å². The van der Waals surface area contributed by atoms with Gasteiger partial charge in [0.2, 0.25) is 0 Å². The first-order valence-electron chi connectivity index (χ1n) is 8.95. The van der Waals surface area contributed by atoms with E-state index in [1.807, 2.05) is 30.3 Å². The van der Waals surface area contributed by atoms with Gasteiger partial charge < -0.3 is 9.64 Å². The summed E-state index contributed by atoms with van der Waals surface area (Å²) in [5.41, 5.74) is 1.41. The Kier molecular flexibility index (Phi) is 5.82. The van der Waals surface area contributed by atoms with E-state index < -0.39 is 5.82 Å². The standard InChI is InChI=1S/C21H24FNO2/c1-25-20-11-10-17(14-19(20)22)21(24)18(16-8-4-2-5-9-16)15-23-12-6-3-7-13-23/h2,4-5,8-11,14,18H,3,6-7,12-13,15H2,1H3/p+1/t18-/m0/s1. The third-order valence-corrected chi connectivity index (χ3v) is 5.01. The van der Waals surface area contributed by atoms with Crippen molar-refractivity contribution in [3.8, 4) is 5.75 Å². The van der Waals surface area contributed by atoms with Gasteiger partial charge in [0.25, 0.3) is 0 Å². The van der Waals surface area contributed by atoms with E-state index in [-0.39, 0.29) is 17.5 Å². The van der Waals surface area contributed by atoms with Gasteiger partial charge in [-0.2, -0.15) is 0 Å². The summed E-state index contributed by atoms with van der Waals surface area (Å²) >= 11 is 0. The van der Waals surface area contributed by atoms with E-state index >= 15 is 0 Å². The molecule has 0 saturated carbocycles. The van der Waals surface area contributed by atoms with Crippen molar-refractivity contribution in [2.24, 2.45) is 0 Å². The van der Waals surface area contributed by atoms with Crippen LogP contribution in [0.15, 0.2) is 48.5 Å². The predicted molar refractivity (Wildman–Crippen MR) is 95.9 cm³/mol. The Morgan fingerprint density at radius 2 is 1.84 bits per heavy atom. The second-order valence-corrected chi connectivity index (χ2v) is 6.69. The second kappa shape index (κ2) is 8.26. The quantitative estimate of drug-likeness (QED) is 0.819. The zero-order valence-corrected chi connectivity index (χ0v) is 14.6. The topological polar surface area (TPSA) is 30.7 Å². The molecule has 4 heteroatoms. The molecule has 3 nitrogen and oxygen atoms in total. The van der Waals surface area contributed by atoms with Crippen LogP contribution in [0.2, 0.25) is 0 Å². The summed E-state index contributed by atoms with van der Waals surface area (Å²) in [5.74, 6) is -0.604. The molecule has 1 heterocycles. The third kappa shape index (κ3) is 4.26. The van der Waals surface area contributed by atoms with E-state index in [1.165, 1.54) is 43.4 Å². The van der Waals surface area contributed by atoms with Gasteiger partial charge in [0.05, 0.1) is 32.7 Å². The highest BCUT2D eigenvalue weighted by atomic mass is 19.1. The summed E-state index contributed by atoms with van der Waals surface area (Å²) in [4.78, 5) is 14.6. The zero-order chi connectivity index (χ0) is 17.6. The van der Waals surface area contributed by atoms with Crippen LogP contribution in [0.1, 0.15) is 41.1 Å². The SMILES string of the molecule is COc1ccc(C(=O)[C@@H](C[NH+]2CCCCC2)c2ccccc2)cc1F. The third-order valence-electron chi connectivity index (χ3n) is 5.01. The summed E-state index contributed by atoms with van der Waals surface area (Å²) in [6.07, 6.45) is 3.70. The average molecular weight is 342 g/mol. The molecule has 1 aliphatic rings. The van der Waals surface area contributed by atoms with E-state index in [1.54, 1.807) is 6.07 Å². The Morgan fingerprint density at radius 1 is 1.12 bits per heavy atom. The minimum Gasteiger partial charge on any atom is -0.494 e. The van der Waals surface area contributed by atoms with Crippen molar-refractivity contribution < 1.29 is 18.8 Å². The molecule has 2 aromatic carbocycles. The maximum Gasteiger partial charge on any atom is 0.176 e. The number of hydrogen-bond donors (Lipinski definition) is 1. The number of carbonyl (C=O) groups is 1. The Hall–Kier alpha value is -2.20. The Labute approximate surface area is 148 Å². The fourth-order valence-electron chi connectivity index (χ4n) is 3.61. The molecule has 1 aliphatic heterocycles. The minimum atomic E-state index is -0.495. The molecule has 0 amide bonds. The molecule has 1 N–H and O–H groups in total. The van der Waals surface area contributed by atoms with E-state index in [4.69, 9.17) is 4.74 Å². The lowest BCUT2D eigenvalue weighted by atomic mass is 9.89. The summed E-state index contributed by atoms with van der Waals surface area (Å²) in [6.45, 7) is 2.97. The molecular weight excluding hydrogens is 317 g/mol. The lowest BCUT2D eigenvalue weighted by Crippen LogP contribution is -3.13. The number of Topliss-reactive ketones (excluding diaryl/α,β-unsaturated/α-hetero) is 1. The lowest BCUT2D eigenvalue weighted by Gasteiger charge is -2.27. The van der Waals surface area contributed by atoms with Crippen LogP contribution in [0.5, 0.6) is 5.75 Å². The van der Waals surface area contributed by atoms with Gasteiger partial charge in [-0.1, -0.05) is 30.3 Å². The van der Waals surface area contributed by atoms with Crippen LogP contribution in [0.25, 0.3) is 0 Å². The molecule has 1 atom stereocenters. The fourth-order valence-corrected chi connectivity index (χ4v) is 3.61. The van der Waals surface area contributed by atoms with Gasteiger partial charge in [-0.25, -0.2) is 4.39 Å². The number of methoxy groups -OCH3 is 1. The molecule has 2 aromatic rings. The van der Waals surface area contributed by atoms with Crippen molar-refractivity contribution >= 4 is 5.78 Å². The monoisotopic (exact) mass is 342 g/mol. The first-order valence-corrected chi connectivity index (χ1v) is 8.95. The number of rotatable bonds is 6. The van der Waals surface area contributed by atoms with Crippen molar-refractivity contribution in [3.05, 3.63) is 65.5 Å². The second-order valence-electron chi connectivity index (χ2n) is 6.69. The van der Waals surface area contributed by atoms with E-state index in [2.05, 4.69) is 0 Å². The number of benzene rings is 2. The molecule has 1 fully saturated rings. The van der Waals surface area contributed by atoms with Crippen LogP contribution in [-0.4, -0.2) is 32.5 Å². The molecule has 0 aromatic heterocycles. The van der Waals surface area contributed by atoms with Crippen LogP contribution >= 0.6 is 0 Å². The van der Waals surface area contributed by atoms with Gasteiger partial charge in [0.15, 0.2) is 17.3 Å². The normalized spacial score (nSPS) is 16.4. The first kappa shape index (κ1) is 17.6. The van der Waals surface area contributed by atoms with E-state index in [9.17, 15) is 9.18 Å².